The van der Waals surface area contributed by atoms with Gasteiger partial charge in [0.15, 0.2) is 0 Å². The van der Waals surface area contributed by atoms with E-state index in [1.165, 1.54) is 0 Å². The minimum atomic E-state index is -4.44. The summed E-state index contributed by atoms with van der Waals surface area (Å²) in [6.45, 7) is 4.36. The molecule has 0 bridgehead atoms. The summed E-state index contributed by atoms with van der Waals surface area (Å²) < 4.78 is 31.4. The van der Waals surface area contributed by atoms with Gasteiger partial charge in [-0.15, -0.1) is 0 Å². The van der Waals surface area contributed by atoms with Crippen LogP contribution in [0.15, 0.2) is 24.3 Å². The van der Waals surface area contributed by atoms with Gasteiger partial charge in [0.1, 0.15) is 17.1 Å². The number of hydrogen-bond acceptors (Lipinski definition) is 6. The smallest absolute Gasteiger partial charge is 0.315 e. The van der Waals surface area contributed by atoms with Crippen molar-refractivity contribution in [2.24, 2.45) is 5.92 Å². The maximum absolute atomic E-state index is 11.5. The van der Waals surface area contributed by atoms with Gasteiger partial charge in [0, 0.05) is 11.9 Å². The molecule has 2 rings (SSSR count). The molecular formula is C14H17N3O5S. The number of fused-ring (bicyclic) bond motifs is 1. The van der Waals surface area contributed by atoms with Gasteiger partial charge >= 0.3 is 5.69 Å². The zero-order valence-corrected chi connectivity index (χ0v) is 13.5. The topological polar surface area (TPSA) is 122 Å². The molecule has 0 unspecified atom stereocenters. The first kappa shape index (κ1) is 17.1. The molecule has 0 saturated carbocycles. The Morgan fingerprint density at radius 3 is 2.57 bits per heavy atom. The number of aromatic nitrogens is 1. The second kappa shape index (κ2) is 6.47. The molecular weight excluding hydrogens is 322 g/mol. The normalized spacial score (nSPS) is 11.8. The van der Waals surface area contributed by atoms with Crippen molar-refractivity contribution in [2.75, 3.05) is 11.9 Å². The molecule has 0 atom stereocenters. The fourth-order valence-corrected chi connectivity index (χ4v) is 2.75. The van der Waals surface area contributed by atoms with E-state index in [2.05, 4.69) is 10.3 Å². The summed E-state index contributed by atoms with van der Waals surface area (Å²) in [6.07, 6.45) is 0. The zero-order chi connectivity index (χ0) is 17.2. The summed E-state index contributed by atoms with van der Waals surface area (Å²) in [4.78, 5) is 14.8. The quantitative estimate of drug-likeness (QED) is 0.471. The Morgan fingerprint density at radius 2 is 2.00 bits per heavy atom. The van der Waals surface area contributed by atoms with Gasteiger partial charge in [0.25, 0.3) is 10.1 Å². The zero-order valence-electron chi connectivity index (χ0n) is 12.7. The minimum absolute atomic E-state index is 0.216. The number of rotatable bonds is 6. The third-order valence-electron chi connectivity index (χ3n) is 3.13. The molecule has 1 aromatic carbocycles. The Morgan fingerprint density at radius 1 is 1.35 bits per heavy atom. The fraction of sp³-hybridized carbons (Fsp3) is 0.357. The van der Waals surface area contributed by atoms with Gasteiger partial charge in [0.2, 0.25) is 0 Å². The van der Waals surface area contributed by atoms with Crippen LogP contribution in [-0.4, -0.2) is 29.4 Å². The second-order valence-electron chi connectivity index (χ2n) is 5.56. The number of nitrogens with zero attached hydrogens (tertiary/aromatic N) is 2. The number of benzene rings is 1. The molecule has 0 spiro atoms. The molecule has 9 heteroatoms. The average molecular weight is 339 g/mol. The molecule has 0 radical (unpaired) electrons. The summed E-state index contributed by atoms with van der Waals surface area (Å²) in [7, 11) is -4.44. The second-order valence-corrected chi connectivity index (χ2v) is 7.01. The Kier molecular flexibility index (Phi) is 4.81. The summed E-state index contributed by atoms with van der Waals surface area (Å²) in [5.41, 5.74) is -0.0830. The maximum Gasteiger partial charge on any atom is 0.315 e. The minimum Gasteiger partial charge on any atom is -0.379 e. The predicted molar refractivity (Wildman–Crippen MR) is 87.0 cm³/mol. The lowest BCUT2D eigenvalue weighted by molar-refractivity contribution is -0.384. The van der Waals surface area contributed by atoms with Crippen LogP contribution in [0.2, 0.25) is 0 Å². The molecule has 1 aromatic heterocycles. The van der Waals surface area contributed by atoms with Crippen LogP contribution < -0.4 is 5.32 Å². The molecule has 2 aromatic rings. The Labute approximate surface area is 133 Å². The maximum atomic E-state index is 11.5. The highest BCUT2D eigenvalue weighted by Gasteiger charge is 2.27. The molecule has 0 aliphatic rings. The van der Waals surface area contributed by atoms with Gasteiger partial charge in [0.05, 0.1) is 10.4 Å². The number of nitrogens with one attached hydrogen (secondary N) is 1. The standard InChI is InChI=1S/C14H17N3O5S/c1-9(2)7-15-13-10-5-3-4-6-11(10)16-12(8-23(20,21)22)14(13)17(18)19/h3-6,9H,7-8H2,1-2H3,(H,15,16)(H,20,21,22). The summed E-state index contributed by atoms with van der Waals surface area (Å²) in [6, 6.07) is 6.73. The highest BCUT2D eigenvalue weighted by atomic mass is 32.2. The van der Waals surface area contributed by atoms with E-state index < -0.39 is 26.5 Å². The van der Waals surface area contributed by atoms with E-state index in [0.29, 0.717) is 17.4 Å². The average Bonchev–Trinajstić information content (AvgIpc) is 2.42. The van der Waals surface area contributed by atoms with E-state index in [1.54, 1.807) is 24.3 Å². The van der Waals surface area contributed by atoms with Crippen molar-refractivity contribution >= 4 is 32.4 Å². The van der Waals surface area contributed by atoms with Gasteiger partial charge in [-0.05, 0) is 12.0 Å². The summed E-state index contributed by atoms with van der Waals surface area (Å²) >= 11 is 0. The summed E-state index contributed by atoms with van der Waals surface area (Å²) in [5, 5.41) is 15.0. The van der Waals surface area contributed by atoms with E-state index in [9.17, 15) is 18.5 Å². The Hall–Kier alpha value is -2.26. The fourth-order valence-electron chi connectivity index (χ4n) is 2.21. The molecule has 0 aliphatic carbocycles. The SMILES string of the molecule is CC(C)CNc1c([N+](=O)[O-])c(CS(=O)(=O)O)nc2ccccc12. The lowest BCUT2D eigenvalue weighted by atomic mass is 10.1. The molecule has 0 fully saturated rings. The van der Waals surface area contributed by atoms with Crippen molar-refractivity contribution in [1.82, 2.24) is 4.98 Å². The molecule has 124 valence electrons. The van der Waals surface area contributed by atoms with E-state index in [0.717, 1.165) is 0 Å². The third-order valence-corrected chi connectivity index (χ3v) is 3.77. The van der Waals surface area contributed by atoms with Crippen LogP contribution in [0.5, 0.6) is 0 Å². The highest BCUT2D eigenvalue weighted by molar-refractivity contribution is 7.85. The van der Waals surface area contributed by atoms with Gasteiger partial charge in [-0.1, -0.05) is 32.0 Å². The number of nitro groups is 1. The van der Waals surface area contributed by atoms with Gasteiger partial charge in [-0.3, -0.25) is 14.7 Å². The van der Waals surface area contributed by atoms with E-state index in [1.807, 2.05) is 13.8 Å². The molecule has 1 heterocycles. The van der Waals surface area contributed by atoms with Crippen molar-refractivity contribution in [3.05, 3.63) is 40.1 Å². The molecule has 8 nitrogen and oxygen atoms in total. The lowest BCUT2D eigenvalue weighted by Crippen LogP contribution is -2.13. The van der Waals surface area contributed by atoms with Crippen molar-refractivity contribution in [3.8, 4) is 0 Å². The van der Waals surface area contributed by atoms with Crippen LogP contribution in [0.25, 0.3) is 10.9 Å². The van der Waals surface area contributed by atoms with E-state index >= 15 is 0 Å². The molecule has 23 heavy (non-hydrogen) atoms. The largest absolute Gasteiger partial charge is 0.379 e. The predicted octanol–water partition coefficient (Wildman–Crippen LogP) is 2.60. The monoisotopic (exact) mass is 339 g/mol. The molecule has 2 N–H and O–H groups in total. The van der Waals surface area contributed by atoms with Crippen LogP contribution >= 0.6 is 0 Å². The van der Waals surface area contributed by atoms with Crippen LogP contribution in [0, 0.1) is 16.0 Å². The van der Waals surface area contributed by atoms with Crippen molar-refractivity contribution in [3.63, 3.8) is 0 Å². The van der Waals surface area contributed by atoms with Crippen LogP contribution in [0.1, 0.15) is 19.5 Å². The number of hydrogen-bond donors (Lipinski definition) is 2. The first-order chi connectivity index (χ1) is 10.7. The summed E-state index contributed by atoms with van der Waals surface area (Å²) in [5.74, 6) is -0.684. The van der Waals surface area contributed by atoms with Crippen molar-refractivity contribution < 1.29 is 17.9 Å². The van der Waals surface area contributed by atoms with Crippen LogP contribution in [0.4, 0.5) is 11.4 Å². The van der Waals surface area contributed by atoms with Crippen molar-refractivity contribution in [1.29, 1.82) is 0 Å². The van der Waals surface area contributed by atoms with E-state index in [-0.39, 0.29) is 17.3 Å². The van der Waals surface area contributed by atoms with Crippen LogP contribution in [-0.2, 0) is 15.9 Å². The molecule has 0 saturated heterocycles. The van der Waals surface area contributed by atoms with Crippen LogP contribution in [0.3, 0.4) is 0 Å². The highest BCUT2D eigenvalue weighted by Crippen LogP contribution is 2.35. The van der Waals surface area contributed by atoms with Crippen molar-refractivity contribution in [2.45, 2.75) is 19.6 Å². The molecule has 0 aliphatic heterocycles. The first-order valence-corrected chi connectivity index (χ1v) is 8.55. The van der Waals surface area contributed by atoms with Gasteiger partial charge < -0.3 is 5.32 Å². The lowest BCUT2D eigenvalue weighted by Gasteiger charge is -2.14. The first-order valence-electron chi connectivity index (χ1n) is 6.94. The van der Waals surface area contributed by atoms with Gasteiger partial charge in [-0.2, -0.15) is 8.42 Å². The number of anilines is 1. The number of para-hydroxylation sites is 1. The Bertz CT molecular complexity index is 849. The van der Waals surface area contributed by atoms with E-state index in [4.69, 9.17) is 4.55 Å². The van der Waals surface area contributed by atoms with Gasteiger partial charge in [-0.25, -0.2) is 4.98 Å². The third kappa shape index (κ3) is 4.14. The Balaban J connectivity index is 2.74. The molecule has 0 amide bonds. The number of pyridine rings is 1.